The van der Waals surface area contributed by atoms with Crippen LogP contribution in [-0.2, 0) is 14.8 Å². The Kier molecular flexibility index (Phi) is 3.77. The maximum Gasteiger partial charge on any atom is 0.309 e. The summed E-state index contributed by atoms with van der Waals surface area (Å²) < 4.78 is 30.7. The Bertz CT molecular complexity index is 560. The van der Waals surface area contributed by atoms with Crippen LogP contribution < -0.4 is 4.74 Å². The fraction of sp³-hybridized carbons (Fsp3) is 0.417. The van der Waals surface area contributed by atoms with Crippen molar-refractivity contribution < 1.29 is 23.1 Å². The fourth-order valence-corrected chi connectivity index (χ4v) is 3.34. The molecular weight excluding hydrogens is 270 g/mol. The number of carboxylic acids is 1. The first-order valence-corrected chi connectivity index (χ1v) is 7.35. The minimum absolute atomic E-state index is 0.0326. The Hall–Kier alpha value is -1.60. The lowest BCUT2D eigenvalue weighted by Gasteiger charge is -2.35. The summed E-state index contributed by atoms with van der Waals surface area (Å²) in [7, 11) is -3.59. The average molecular weight is 285 g/mol. The van der Waals surface area contributed by atoms with E-state index in [1.54, 1.807) is 12.1 Å². The van der Waals surface area contributed by atoms with E-state index in [1.807, 2.05) is 6.92 Å². The van der Waals surface area contributed by atoms with Gasteiger partial charge in [-0.1, -0.05) is 0 Å². The van der Waals surface area contributed by atoms with Gasteiger partial charge in [0.25, 0.3) is 0 Å². The Morgan fingerprint density at radius 2 is 1.95 bits per heavy atom. The van der Waals surface area contributed by atoms with Crippen molar-refractivity contribution in [2.75, 3.05) is 19.7 Å². The molecule has 104 valence electrons. The van der Waals surface area contributed by atoms with Gasteiger partial charge in [0.2, 0.25) is 10.0 Å². The van der Waals surface area contributed by atoms with Crippen molar-refractivity contribution in [3.8, 4) is 5.75 Å². The van der Waals surface area contributed by atoms with Crippen LogP contribution in [0.15, 0.2) is 29.2 Å². The molecule has 0 spiro atoms. The van der Waals surface area contributed by atoms with Crippen LogP contribution in [0.25, 0.3) is 0 Å². The maximum absolute atomic E-state index is 12.1. The second-order valence-electron chi connectivity index (χ2n) is 4.26. The van der Waals surface area contributed by atoms with Crippen LogP contribution in [0.2, 0.25) is 0 Å². The van der Waals surface area contributed by atoms with Gasteiger partial charge in [-0.25, -0.2) is 8.42 Å². The third-order valence-electron chi connectivity index (χ3n) is 2.97. The van der Waals surface area contributed by atoms with Crippen molar-refractivity contribution in [3.05, 3.63) is 24.3 Å². The number of carboxylic acid groups (broad SMARTS) is 1. The normalized spacial score (nSPS) is 16.9. The highest BCUT2D eigenvalue weighted by atomic mass is 32.2. The van der Waals surface area contributed by atoms with E-state index in [1.165, 1.54) is 16.4 Å². The molecule has 1 saturated heterocycles. The van der Waals surface area contributed by atoms with Crippen molar-refractivity contribution in [2.24, 2.45) is 5.92 Å². The molecule has 0 aromatic heterocycles. The second-order valence-corrected chi connectivity index (χ2v) is 6.20. The van der Waals surface area contributed by atoms with Crippen LogP contribution >= 0.6 is 0 Å². The molecule has 1 aromatic rings. The van der Waals surface area contributed by atoms with E-state index in [0.29, 0.717) is 12.4 Å². The van der Waals surface area contributed by atoms with Crippen LogP contribution in [-0.4, -0.2) is 43.5 Å². The molecule has 1 heterocycles. The zero-order chi connectivity index (χ0) is 14.0. The quantitative estimate of drug-likeness (QED) is 0.864. The number of hydrogen-bond donors (Lipinski definition) is 1. The zero-order valence-electron chi connectivity index (χ0n) is 10.4. The summed E-state index contributed by atoms with van der Waals surface area (Å²) in [6.07, 6.45) is 0. The lowest BCUT2D eigenvalue weighted by Crippen LogP contribution is -2.52. The van der Waals surface area contributed by atoms with Crippen LogP contribution in [0.1, 0.15) is 6.92 Å². The van der Waals surface area contributed by atoms with Crippen LogP contribution in [0.4, 0.5) is 0 Å². The molecule has 19 heavy (non-hydrogen) atoms. The molecule has 1 fully saturated rings. The van der Waals surface area contributed by atoms with Gasteiger partial charge in [0.1, 0.15) is 5.75 Å². The molecule has 0 aliphatic carbocycles. The monoisotopic (exact) mass is 285 g/mol. The summed E-state index contributed by atoms with van der Waals surface area (Å²) in [4.78, 5) is 10.8. The minimum atomic E-state index is -3.59. The Balaban J connectivity index is 2.10. The SMILES string of the molecule is CCOc1ccc(S(=O)(=O)N2CC(C(=O)O)C2)cc1. The van der Waals surface area contributed by atoms with Crippen molar-refractivity contribution in [1.82, 2.24) is 4.31 Å². The summed E-state index contributed by atoms with van der Waals surface area (Å²) in [5.74, 6) is -0.955. The Morgan fingerprint density at radius 1 is 1.37 bits per heavy atom. The third kappa shape index (κ3) is 2.71. The molecule has 6 nitrogen and oxygen atoms in total. The molecule has 0 atom stereocenters. The largest absolute Gasteiger partial charge is 0.494 e. The van der Waals surface area contributed by atoms with Crippen LogP contribution in [0.5, 0.6) is 5.75 Å². The van der Waals surface area contributed by atoms with Crippen LogP contribution in [0, 0.1) is 5.92 Å². The summed E-state index contributed by atoms with van der Waals surface area (Å²) in [6, 6.07) is 6.11. The van der Waals surface area contributed by atoms with Gasteiger partial charge in [0.15, 0.2) is 0 Å². The van der Waals surface area contributed by atoms with Gasteiger partial charge in [-0.05, 0) is 31.2 Å². The number of hydrogen-bond acceptors (Lipinski definition) is 4. The first-order chi connectivity index (χ1) is 8.95. The van der Waals surface area contributed by atoms with Gasteiger partial charge in [-0.2, -0.15) is 4.31 Å². The van der Waals surface area contributed by atoms with Crippen molar-refractivity contribution in [1.29, 1.82) is 0 Å². The van der Waals surface area contributed by atoms with Crippen molar-refractivity contribution in [3.63, 3.8) is 0 Å². The molecule has 0 amide bonds. The highest BCUT2D eigenvalue weighted by molar-refractivity contribution is 7.89. The predicted molar refractivity (Wildman–Crippen MR) is 67.5 cm³/mol. The molecule has 2 rings (SSSR count). The number of carbonyl (C=O) groups is 1. The molecule has 1 aromatic carbocycles. The highest BCUT2D eigenvalue weighted by Gasteiger charge is 2.40. The smallest absolute Gasteiger partial charge is 0.309 e. The van der Waals surface area contributed by atoms with Gasteiger partial charge in [0.05, 0.1) is 17.4 Å². The zero-order valence-corrected chi connectivity index (χ0v) is 11.3. The Labute approximate surface area is 111 Å². The molecule has 7 heteroatoms. The third-order valence-corrected chi connectivity index (χ3v) is 4.82. The van der Waals surface area contributed by atoms with E-state index in [-0.39, 0.29) is 18.0 Å². The number of benzene rings is 1. The van der Waals surface area contributed by atoms with Gasteiger partial charge in [-0.15, -0.1) is 0 Å². The lowest BCUT2D eigenvalue weighted by molar-refractivity contribution is -0.145. The number of rotatable bonds is 5. The van der Waals surface area contributed by atoms with E-state index in [2.05, 4.69) is 0 Å². The van der Waals surface area contributed by atoms with Gasteiger partial charge in [0, 0.05) is 13.1 Å². The van der Waals surface area contributed by atoms with E-state index in [4.69, 9.17) is 9.84 Å². The minimum Gasteiger partial charge on any atom is -0.494 e. The highest BCUT2D eigenvalue weighted by Crippen LogP contribution is 2.26. The standard InChI is InChI=1S/C12H15NO5S/c1-2-18-10-3-5-11(6-4-10)19(16,17)13-7-9(8-13)12(14)15/h3-6,9H,2,7-8H2,1H3,(H,14,15). The molecule has 0 radical (unpaired) electrons. The topological polar surface area (TPSA) is 83.9 Å². The van der Waals surface area contributed by atoms with E-state index < -0.39 is 21.9 Å². The van der Waals surface area contributed by atoms with Crippen LogP contribution in [0.3, 0.4) is 0 Å². The first-order valence-electron chi connectivity index (χ1n) is 5.91. The maximum atomic E-state index is 12.1. The van der Waals surface area contributed by atoms with Crippen molar-refractivity contribution >= 4 is 16.0 Å². The molecule has 1 aliphatic heterocycles. The van der Waals surface area contributed by atoms with E-state index in [0.717, 1.165) is 0 Å². The molecular formula is C12H15NO5S. The second kappa shape index (κ2) is 5.18. The Morgan fingerprint density at radius 3 is 2.42 bits per heavy atom. The lowest BCUT2D eigenvalue weighted by atomic mass is 10.0. The molecule has 1 aliphatic rings. The van der Waals surface area contributed by atoms with Gasteiger partial charge >= 0.3 is 5.97 Å². The van der Waals surface area contributed by atoms with Crippen molar-refractivity contribution in [2.45, 2.75) is 11.8 Å². The van der Waals surface area contributed by atoms with Gasteiger partial charge in [-0.3, -0.25) is 4.79 Å². The molecule has 0 unspecified atom stereocenters. The number of nitrogens with zero attached hydrogens (tertiary/aromatic N) is 1. The fourth-order valence-electron chi connectivity index (χ4n) is 1.81. The first kappa shape index (κ1) is 13.8. The molecule has 0 bridgehead atoms. The summed E-state index contributed by atoms with van der Waals surface area (Å²) in [6.45, 7) is 2.42. The summed E-state index contributed by atoms with van der Waals surface area (Å²) in [5.41, 5.74) is 0. The van der Waals surface area contributed by atoms with Gasteiger partial charge < -0.3 is 9.84 Å². The summed E-state index contributed by atoms with van der Waals surface area (Å²) >= 11 is 0. The summed E-state index contributed by atoms with van der Waals surface area (Å²) in [5, 5.41) is 8.74. The molecule has 0 saturated carbocycles. The predicted octanol–water partition coefficient (Wildman–Crippen LogP) is 0.790. The molecule has 1 N–H and O–H groups in total. The number of aliphatic carboxylic acids is 1. The number of sulfonamides is 1. The van der Waals surface area contributed by atoms with E-state index >= 15 is 0 Å². The van der Waals surface area contributed by atoms with E-state index in [9.17, 15) is 13.2 Å². The number of ether oxygens (including phenoxy) is 1. The average Bonchev–Trinajstić information content (AvgIpc) is 2.27.